The molecule has 0 N–H and O–H groups in total. The van der Waals surface area contributed by atoms with Gasteiger partial charge < -0.3 is 0 Å². The van der Waals surface area contributed by atoms with E-state index in [1.54, 1.807) is 12.1 Å². The first kappa shape index (κ1) is 8.57. The van der Waals surface area contributed by atoms with Crippen molar-refractivity contribution < 1.29 is 0 Å². The van der Waals surface area contributed by atoms with E-state index in [1.807, 2.05) is 13.8 Å². The van der Waals surface area contributed by atoms with Crippen LogP contribution in [0.25, 0.3) is 0 Å². The van der Waals surface area contributed by atoms with E-state index in [2.05, 4.69) is 9.97 Å². The third kappa shape index (κ3) is 2.78. The fraction of sp³-hybridized carbons (Fsp3) is 0.286. The van der Waals surface area contributed by atoms with Gasteiger partial charge in [-0.25, -0.2) is 9.97 Å². The van der Waals surface area contributed by atoms with Gasteiger partial charge in [0.2, 0.25) is 5.82 Å². The van der Waals surface area contributed by atoms with Gasteiger partial charge in [0, 0.05) is 12.4 Å². The first-order valence-corrected chi connectivity index (χ1v) is 3.10. The van der Waals surface area contributed by atoms with Crippen molar-refractivity contribution in [3.63, 3.8) is 0 Å². The molecule has 1 rings (SSSR count). The first-order chi connectivity index (χ1) is 4.93. The molecule has 3 heteroatoms. The van der Waals surface area contributed by atoms with Gasteiger partial charge in [0.1, 0.15) is 6.07 Å². The molecule has 0 spiro atoms. The average Bonchev–Trinajstić information content (AvgIpc) is 2.10. The van der Waals surface area contributed by atoms with Gasteiger partial charge in [0.25, 0.3) is 0 Å². The molecular formula is C7H9N3. The van der Waals surface area contributed by atoms with E-state index >= 15 is 0 Å². The van der Waals surface area contributed by atoms with E-state index < -0.39 is 0 Å². The van der Waals surface area contributed by atoms with E-state index in [1.165, 1.54) is 12.4 Å². The van der Waals surface area contributed by atoms with Crippen LogP contribution in [0.4, 0.5) is 0 Å². The van der Waals surface area contributed by atoms with Gasteiger partial charge in [-0.2, -0.15) is 5.26 Å². The second kappa shape index (κ2) is 5.70. The highest BCUT2D eigenvalue weighted by Crippen LogP contribution is 1.79. The van der Waals surface area contributed by atoms with Crippen molar-refractivity contribution in [1.82, 2.24) is 9.97 Å². The summed E-state index contributed by atoms with van der Waals surface area (Å²) in [6, 6.07) is 3.47. The summed E-state index contributed by atoms with van der Waals surface area (Å²) in [5.74, 6) is 0.215. The Bertz CT molecular complexity index is 200. The highest BCUT2D eigenvalue weighted by molar-refractivity contribution is 5.06. The van der Waals surface area contributed by atoms with E-state index in [9.17, 15) is 0 Å². The molecule has 0 saturated carbocycles. The van der Waals surface area contributed by atoms with Crippen LogP contribution in [-0.4, -0.2) is 9.97 Å². The van der Waals surface area contributed by atoms with Crippen LogP contribution >= 0.6 is 0 Å². The fourth-order valence-electron chi connectivity index (χ4n) is 0.357. The Hall–Kier alpha value is -1.43. The molecule has 0 aromatic carbocycles. The van der Waals surface area contributed by atoms with E-state index in [0.717, 1.165) is 0 Å². The maximum Gasteiger partial charge on any atom is 0.232 e. The number of hydrogen-bond donors (Lipinski definition) is 0. The van der Waals surface area contributed by atoms with Crippen LogP contribution in [-0.2, 0) is 0 Å². The second-order valence-corrected chi connectivity index (χ2v) is 1.18. The van der Waals surface area contributed by atoms with Gasteiger partial charge in [0.05, 0.1) is 0 Å². The molecule has 0 amide bonds. The molecule has 1 aromatic heterocycles. The van der Waals surface area contributed by atoms with Crippen molar-refractivity contribution in [2.24, 2.45) is 0 Å². The zero-order valence-electron chi connectivity index (χ0n) is 6.07. The van der Waals surface area contributed by atoms with Crippen LogP contribution in [0.5, 0.6) is 0 Å². The number of rotatable bonds is 0. The third-order valence-electron chi connectivity index (χ3n) is 0.666. The number of aromatic nitrogens is 2. The molecule has 0 radical (unpaired) electrons. The molecule has 0 bridgehead atoms. The topological polar surface area (TPSA) is 49.6 Å². The molecule has 1 heterocycles. The van der Waals surface area contributed by atoms with Crippen LogP contribution < -0.4 is 0 Å². The van der Waals surface area contributed by atoms with Gasteiger partial charge >= 0.3 is 0 Å². The van der Waals surface area contributed by atoms with Crippen LogP contribution in [0.1, 0.15) is 19.7 Å². The van der Waals surface area contributed by atoms with Crippen LogP contribution in [0, 0.1) is 11.3 Å². The molecule has 0 unspecified atom stereocenters. The Labute approximate surface area is 60.4 Å². The number of hydrogen-bond acceptors (Lipinski definition) is 3. The Morgan fingerprint density at radius 2 is 1.80 bits per heavy atom. The Balaban J connectivity index is 0.000000371. The van der Waals surface area contributed by atoms with Crippen molar-refractivity contribution >= 4 is 0 Å². The molecule has 52 valence electrons. The Morgan fingerprint density at radius 1 is 1.30 bits per heavy atom. The first-order valence-electron chi connectivity index (χ1n) is 3.10. The average molecular weight is 135 g/mol. The molecule has 0 saturated heterocycles. The zero-order valence-corrected chi connectivity index (χ0v) is 6.07. The molecule has 10 heavy (non-hydrogen) atoms. The lowest BCUT2D eigenvalue weighted by Gasteiger charge is -1.78. The van der Waals surface area contributed by atoms with E-state index in [-0.39, 0.29) is 5.82 Å². The predicted molar refractivity (Wildman–Crippen MR) is 38.1 cm³/mol. The van der Waals surface area contributed by atoms with Gasteiger partial charge in [-0.1, -0.05) is 13.8 Å². The number of nitrogens with zero attached hydrogens (tertiary/aromatic N) is 3. The molecule has 1 aromatic rings. The molecular weight excluding hydrogens is 126 g/mol. The van der Waals surface area contributed by atoms with Crippen LogP contribution in [0.2, 0.25) is 0 Å². The molecule has 0 atom stereocenters. The van der Waals surface area contributed by atoms with E-state index in [0.29, 0.717) is 0 Å². The second-order valence-electron chi connectivity index (χ2n) is 1.18. The summed E-state index contributed by atoms with van der Waals surface area (Å²) in [4.78, 5) is 7.25. The quantitative estimate of drug-likeness (QED) is 0.540. The minimum Gasteiger partial charge on any atom is -0.228 e. The van der Waals surface area contributed by atoms with Crippen molar-refractivity contribution in [3.05, 3.63) is 24.3 Å². The molecule has 0 aliphatic heterocycles. The summed E-state index contributed by atoms with van der Waals surface area (Å²) >= 11 is 0. The summed E-state index contributed by atoms with van der Waals surface area (Å²) < 4.78 is 0. The molecule has 0 fully saturated rings. The maximum absolute atomic E-state index is 8.16. The summed E-state index contributed by atoms with van der Waals surface area (Å²) in [5, 5.41) is 8.16. The smallest absolute Gasteiger partial charge is 0.228 e. The Morgan fingerprint density at radius 3 is 2.10 bits per heavy atom. The van der Waals surface area contributed by atoms with Crippen molar-refractivity contribution in [2.45, 2.75) is 13.8 Å². The van der Waals surface area contributed by atoms with Crippen LogP contribution in [0.15, 0.2) is 18.5 Å². The van der Waals surface area contributed by atoms with Gasteiger partial charge in [-0.05, 0) is 6.07 Å². The Kier molecular flexibility index (Phi) is 4.89. The summed E-state index contributed by atoms with van der Waals surface area (Å²) in [5.41, 5.74) is 0. The fourth-order valence-corrected chi connectivity index (χ4v) is 0.357. The summed E-state index contributed by atoms with van der Waals surface area (Å²) in [6.45, 7) is 4.00. The monoisotopic (exact) mass is 135 g/mol. The minimum absolute atomic E-state index is 0.215. The molecule has 0 aliphatic carbocycles. The standard InChI is InChI=1S/C5H3N3.C2H6/c6-4-5-7-2-1-3-8-5;1-2/h1-3H;1-2H3. The van der Waals surface area contributed by atoms with Gasteiger partial charge in [-0.3, -0.25) is 0 Å². The zero-order chi connectivity index (χ0) is 7.82. The number of nitriles is 1. The van der Waals surface area contributed by atoms with Gasteiger partial charge in [-0.15, -0.1) is 0 Å². The van der Waals surface area contributed by atoms with Crippen molar-refractivity contribution in [2.75, 3.05) is 0 Å². The minimum atomic E-state index is 0.215. The van der Waals surface area contributed by atoms with Crippen molar-refractivity contribution in [1.29, 1.82) is 5.26 Å². The van der Waals surface area contributed by atoms with Crippen LogP contribution in [0.3, 0.4) is 0 Å². The molecule has 0 aliphatic rings. The summed E-state index contributed by atoms with van der Waals surface area (Å²) in [7, 11) is 0. The highest BCUT2D eigenvalue weighted by Gasteiger charge is 1.83. The largest absolute Gasteiger partial charge is 0.232 e. The lowest BCUT2D eigenvalue weighted by Crippen LogP contribution is -1.82. The lowest BCUT2D eigenvalue weighted by atomic mass is 10.6. The highest BCUT2D eigenvalue weighted by atomic mass is 14.8. The lowest BCUT2D eigenvalue weighted by molar-refractivity contribution is 1.11. The van der Waals surface area contributed by atoms with Crippen molar-refractivity contribution in [3.8, 4) is 6.07 Å². The normalized spacial score (nSPS) is 6.90. The van der Waals surface area contributed by atoms with Gasteiger partial charge in [0.15, 0.2) is 0 Å². The summed E-state index contributed by atoms with van der Waals surface area (Å²) in [6.07, 6.45) is 3.07. The maximum atomic E-state index is 8.16. The van der Waals surface area contributed by atoms with E-state index in [4.69, 9.17) is 5.26 Å². The SMILES string of the molecule is CC.N#Cc1ncccn1. The third-order valence-corrected chi connectivity index (χ3v) is 0.666. The molecule has 3 nitrogen and oxygen atoms in total. The predicted octanol–water partition coefficient (Wildman–Crippen LogP) is 1.37.